The number of hydrogen-bond acceptors (Lipinski definition) is 7. The largest absolute Gasteiger partial charge is 0.496 e. The number of nitrogens with zero attached hydrogens (tertiary/aromatic N) is 2. The van der Waals surface area contributed by atoms with Crippen molar-refractivity contribution in [3.63, 3.8) is 0 Å². The van der Waals surface area contributed by atoms with Gasteiger partial charge in [0, 0.05) is 10.6 Å². The number of allylic oxidation sites excluding steroid dienone is 1. The van der Waals surface area contributed by atoms with E-state index in [2.05, 4.69) is 20.9 Å². The van der Waals surface area contributed by atoms with Gasteiger partial charge in [0.25, 0.3) is 5.56 Å². The second-order valence-corrected chi connectivity index (χ2v) is 11.5. The number of hydrogen-bond donors (Lipinski definition) is 0. The van der Waals surface area contributed by atoms with Gasteiger partial charge in [-0.3, -0.25) is 9.36 Å². The third kappa shape index (κ3) is 6.02. The summed E-state index contributed by atoms with van der Waals surface area (Å²) in [7, 11) is 1.58. The van der Waals surface area contributed by atoms with Crippen molar-refractivity contribution in [3.8, 4) is 11.5 Å². The van der Waals surface area contributed by atoms with E-state index in [9.17, 15) is 9.59 Å². The first-order chi connectivity index (χ1) is 19.8. The van der Waals surface area contributed by atoms with E-state index in [1.807, 2.05) is 60.7 Å². The lowest BCUT2D eigenvalue weighted by molar-refractivity contribution is -0.139. The van der Waals surface area contributed by atoms with Gasteiger partial charge in [0.2, 0.25) is 0 Å². The summed E-state index contributed by atoms with van der Waals surface area (Å²) in [6.07, 6.45) is 1.79. The van der Waals surface area contributed by atoms with Crippen LogP contribution < -0.4 is 24.4 Å². The first kappa shape index (κ1) is 28.9. The minimum atomic E-state index is -0.732. The maximum absolute atomic E-state index is 14.0. The molecule has 1 atom stereocenters. The van der Waals surface area contributed by atoms with Crippen LogP contribution in [0.4, 0.5) is 0 Å². The van der Waals surface area contributed by atoms with E-state index in [1.165, 1.54) is 11.3 Å². The second kappa shape index (κ2) is 12.5. The van der Waals surface area contributed by atoms with E-state index in [1.54, 1.807) is 37.7 Å². The molecule has 0 spiro atoms. The van der Waals surface area contributed by atoms with Crippen LogP contribution in [0.15, 0.2) is 92.3 Å². The van der Waals surface area contributed by atoms with Gasteiger partial charge in [0.05, 0.1) is 40.0 Å². The van der Waals surface area contributed by atoms with Gasteiger partial charge >= 0.3 is 5.97 Å². The van der Waals surface area contributed by atoms with Crippen molar-refractivity contribution in [2.75, 3.05) is 13.7 Å². The number of thiazole rings is 1. The first-order valence-electron chi connectivity index (χ1n) is 12.8. The number of esters is 1. The molecule has 0 N–H and O–H groups in total. The van der Waals surface area contributed by atoms with Gasteiger partial charge in [0.1, 0.15) is 18.1 Å². The number of halogens is 2. The Morgan fingerprint density at radius 1 is 1.12 bits per heavy atom. The Bertz CT molecular complexity index is 1850. The molecule has 7 nitrogen and oxygen atoms in total. The van der Waals surface area contributed by atoms with Gasteiger partial charge in [-0.05, 0) is 77.3 Å². The second-order valence-electron chi connectivity index (χ2n) is 9.15. The molecule has 1 aliphatic heterocycles. The van der Waals surface area contributed by atoms with Crippen LogP contribution >= 0.6 is 38.9 Å². The predicted molar refractivity (Wildman–Crippen MR) is 163 cm³/mol. The van der Waals surface area contributed by atoms with E-state index in [-0.39, 0.29) is 12.2 Å². The Kier molecular flexibility index (Phi) is 8.77. The zero-order valence-corrected chi connectivity index (χ0v) is 25.7. The Balaban J connectivity index is 1.61. The summed E-state index contributed by atoms with van der Waals surface area (Å²) in [5.41, 5.74) is 2.92. The number of carbonyl (C=O) groups excluding carboxylic acids is 1. The molecule has 0 aliphatic carbocycles. The molecule has 0 radical (unpaired) electrons. The molecule has 3 aromatic carbocycles. The average Bonchev–Trinajstić information content (AvgIpc) is 3.25. The zero-order chi connectivity index (χ0) is 29.1. The summed E-state index contributed by atoms with van der Waals surface area (Å²) in [4.78, 5) is 32.3. The molecule has 0 fully saturated rings. The highest BCUT2D eigenvalue weighted by Gasteiger charge is 2.33. The molecule has 210 valence electrons. The van der Waals surface area contributed by atoms with Crippen LogP contribution in [0.5, 0.6) is 11.5 Å². The standard InChI is InChI=1S/C31H26BrClN2O5S/c1-4-39-30(37)27-18(2)34-31-35(28(27)21-12-13-25(38-3)23(32)15-21)29(36)26(41-31)16-20-9-5-6-11-24(20)40-17-19-8-7-10-22(33)14-19/h5-16,28H,4,17H2,1-3H3/b26-16+/t28-/m0/s1. The zero-order valence-electron chi connectivity index (χ0n) is 22.5. The smallest absolute Gasteiger partial charge is 0.338 e. The molecule has 10 heteroatoms. The molecular formula is C31H26BrClN2O5S. The summed E-state index contributed by atoms with van der Waals surface area (Å²) in [6, 6.07) is 19.7. The third-order valence-corrected chi connectivity index (χ3v) is 8.34. The number of rotatable bonds is 8. The Labute approximate surface area is 254 Å². The molecule has 5 rings (SSSR count). The van der Waals surface area contributed by atoms with Crippen molar-refractivity contribution in [1.29, 1.82) is 0 Å². The number of aromatic nitrogens is 1. The molecule has 4 aromatic rings. The van der Waals surface area contributed by atoms with E-state index >= 15 is 0 Å². The van der Waals surface area contributed by atoms with Crippen LogP contribution in [0.25, 0.3) is 6.08 Å². The average molecular weight is 654 g/mol. The lowest BCUT2D eigenvalue weighted by Crippen LogP contribution is -2.40. The van der Waals surface area contributed by atoms with Crippen molar-refractivity contribution < 1.29 is 19.0 Å². The van der Waals surface area contributed by atoms with Crippen molar-refractivity contribution in [2.45, 2.75) is 26.5 Å². The summed E-state index contributed by atoms with van der Waals surface area (Å²) >= 11 is 10.9. The lowest BCUT2D eigenvalue weighted by Gasteiger charge is -2.25. The minimum absolute atomic E-state index is 0.199. The van der Waals surface area contributed by atoms with Crippen LogP contribution in [0, 0.1) is 0 Å². The molecule has 2 heterocycles. The lowest BCUT2D eigenvalue weighted by atomic mass is 9.96. The fourth-order valence-electron chi connectivity index (χ4n) is 4.62. The maximum atomic E-state index is 14.0. The SMILES string of the molecule is CCOC(=O)C1=C(C)N=c2s/c(=C/c3ccccc3OCc3cccc(Cl)c3)c(=O)n2[C@H]1c1ccc(OC)c(Br)c1. The highest BCUT2D eigenvalue weighted by atomic mass is 79.9. The number of fused-ring (bicyclic) bond motifs is 1. The highest BCUT2D eigenvalue weighted by Crippen LogP contribution is 2.35. The van der Waals surface area contributed by atoms with Crippen LogP contribution in [0.2, 0.25) is 5.02 Å². The Morgan fingerprint density at radius 3 is 2.66 bits per heavy atom. The van der Waals surface area contributed by atoms with Gasteiger partial charge in [-0.1, -0.05) is 59.3 Å². The highest BCUT2D eigenvalue weighted by molar-refractivity contribution is 9.10. The molecular weight excluding hydrogens is 628 g/mol. The molecule has 0 amide bonds. The molecule has 0 unspecified atom stereocenters. The summed E-state index contributed by atoms with van der Waals surface area (Å²) < 4.78 is 19.6. The number of carbonyl (C=O) groups is 1. The van der Waals surface area contributed by atoms with Crippen molar-refractivity contribution in [3.05, 3.63) is 124 Å². The van der Waals surface area contributed by atoms with Gasteiger partial charge in [-0.15, -0.1) is 0 Å². The van der Waals surface area contributed by atoms with E-state index in [4.69, 9.17) is 25.8 Å². The monoisotopic (exact) mass is 652 g/mol. The summed E-state index contributed by atoms with van der Waals surface area (Å²) in [6.45, 7) is 4.02. The predicted octanol–water partition coefficient (Wildman–Crippen LogP) is 5.80. The number of ether oxygens (including phenoxy) is 3. The molecule has 0 saturated carbocycles. The topological polar surface area (TPSA) is 79.1 Å². The van der Waals surface area contributed by atoms with Crippen molar-refractivity contribution >= 4 is 50.9 Å². The van der Waals surface area contributed by atoms with Gasteiger partial charge in [-0.2, -0.15) is 0 Å². The minimum Gasteiger partial charge on any atom is -0.496 e. The number of methoxy groups -OCH3 is 1. The molecule has 1 aliphatic rings. The quantitative estimate of drug-likeness (QED) is 0.225. The van der Waals surface area contributed by atoms with Crippen LogP contribution in [-0.4, -0.2) is 24.3 Å². The summed E-state index contributed by atoms with van der Waals surface area (Å²) in [5, 5.41) is 0.636. The van der Waals surface area contributed by atoms with Gasteiger partial charge in [-0.25, -0.2) is 9.79 Å². The Hall–Kier alpha value is -3.66. The van der Waals surface area contributed by atoms with E-state index < -0.39 is 12.0 Å². The molecule has 41 heavy (non-hydrogen) atoms. The normalized spacial score (nSPS) is 14.9. The van der Waals surface area contributed by atoms with Gasteiger partial charge in [0.15, 0.2) is 4.80 Å². The van der Waals surface area contributed by atoms with Crippen LogP contribution in [0.3, 0.4) is 0 Å². The summed E-state index contributed by atoms with van der Waals surface area (Å²) in [5.74, 6) is 0.742. The third-order valence-electron chi connectivity index (χ3n) is 6.50. The van der Waals surface area contributed by atoms with Crippen LogP contribution in [0.1, 0.15) is 36.6 Å². The van der Waals surface area contributed by atoms with Crippen LogP contribution in [-0.2, 0) is 16.1 Å². The van der Waals surface area contributed by atoms with E-state index in [0.29, 0.717) is 53.8 Å². The van der Waals surface area contributed by atoms with E-state index in [0.717, 1.165) is 11.1 Å². The fourth-order valence-corrected chi connectivity index (χ4v) is 6.43. The maximum Gasteiger partial charge on any atom is 0.338 e. The molecule has 0 bridgehead atoms. The van der Waals surface area contributed by atoms with Gasteiger partial charge < -0.3 is 14.2 Å². The van der Waals surface area contributed by atoms with Crippen molar-refractivity contribution in [2.24, 2.45) is 4.99 Å². The fraction of sp³-hybridized carbons (Fsp3) is 0.194. The number of para-hydroxylation sites is 1. The molecule has 1 aromatic heterocycles. The number of benzene rings is 3. The first-order valence-corrected chi connectivity index (χ1v) is 14.8. The molecule has 0 saturated heterocycles. The van der Waals surface area contributed by atoms with Crippen molar-refractivity contribution in [1.82, 2.24) is 4.57 Å². The Morgan fingerprint density at radius 2 is 1.93 bits per heavy atom.